The minimum atomic E-state index is -0.341. The van der Waals surface area contributed by atoms with Gasteiger partial charge in [0.05, 0.1) is 19.1 Å². The fraction of sp³-hybridized carbons (Fsp3) is 0.273. The molecule has 0 amide bonds. The van der Waals surface area contributed by atoms with E-state index in [9.17, 15) is 4.79 Å². The topological polar surface area (TPSA) is 76.1 Å². The molecule has 0 aliphatic carbocycles. The van der Waals surface area contributed by atoms with Crippen LogP contribution >= 0.6 is 12.6 Å². The maximum absolute atomic E-state index is 11.2. The van der Waals surface area contributed by atoms with E-state index in [4.69, 9.17) is 11.0 Å². The summed E-state index contributed by atoms with van der Waals surface area (Å²) >= 11 is 4.24. The molecule has 1 aromatic rings. The van der Waals surface area contributed by atoms with Crippen molar-refractivity contribution in [3.8, 4) is 6.07 Å². The SMILES string of the molecule is COC(=O)Cc1ccc(C#N)c(S)c1CN. The molecule has 1 aromatic carbocycles. The summed E-state index contributed by atoms with van der Waals surface area (Å²) in [6.45, 7) is 0.237. The highest BCUT2D eigenvalue weighted by molar-refractivity contribution is 7.80. The summed E-state index contributed by atoms with van der Waals surface area (Å²) in [5.41, 5.74) is 7.50. The van der Waals surface area contributed by atoms with E-state index in [0.29, 0.717) is 16.0 Å². The average Bonchev–Trinajstić information content (AvgIpc) is 2.29. The van der Waals surface area contributed by atoms with Gasteiger partial charge < -0.3 is 10.5 Å². The molecule has 0 saturated heterocycles. The zero-order chi connectivity index (χ0) is 12.1. The third kappa shape index (κ3) is 2.54. The molecule has 84 valence electrons. The summed E-state index contributed by atoms with van der Waals surface area (Å²) in [6, 6.07) is 5.35. The highest BCUT2D eigenvalue weighted by Crippen LogP contribution is 2.23. The number of nitrogens with two attached hydrogens (primary N) is 1. The van der Waals surface area contributed by atoms with Crippen LogP contribution in [-0.4, -0.2) is 13.1 Å². The molecule has 16 heavy (non-hydrogen) atoms. The lowest BCUT2D eigenvalue weighted by atomic mass is 10.0. The van der Waals surface area contributed by atoms with E-state index in [0.717, 1.165) is 5.56 Å². The van der Waals surface area contributed by atoms with E-state index in [2.05, 4.69) is 17.4 Å². The van der Waals surface area contributed by atoms with Crippen LogP contribution in [0.4, 0.5) is 0 Å². The lowest BCUT2D eigenvalue weighted by Crippen LogP contribution is -2.10. The van der Waals surface area contributed by atoms with Gasteiger partial charge in [0.2, 0.25) is 0 Å². The van der Waals surface area contributed by atoms with Crippen molar-refractivity contribution >= 4 is 18.6 Å². The van der Waals surface area contributed by atoms with Gasteiger partial charge in [-0.15, -0.1) is 12.6 Å². The molecule has 0 heterocycles. The Bertz CT molecular complexity index is 452. The zero-order valence-electron chi connectivity index (χ0n) is 8.86. The number of carbonyl (C=O) groups excluding carboxylic acids is 1. The molecule has 1 rings (SSSR count). The van der Waals surface area contributed by atoms with Crippen molar-refractivity contribution in [3.05, 3.63) is 28.8 Å². The van der Waals surface area contributed by atoms with Crippen LogP contribution in [0.5, 0.6) is 0 Å². The summed E-state index contributed by atoms with van der Waals surface area (Å²) in [4.78, 5) is 11.7. The maximum Gasteiger partial charge on any atom is 0.309 e. The number of rotatable bonds is 3. The van der Waals surface area contributed by atoms with Gasteiger partial charge in [0.25, 0.3) is 0 Å². The van der Waals surface area contributed by atoms with Crippen LogP contribution in [0.3, 0.4) is 0 Å². The van der Waals surface area contributed by atoms with Crippen LogP contribution < -0.4 is 5.73 Å². The first-order valence-corrected chi connectivity index (χ1v) is 5.09. The molecule has 0 saturated carbocycles. The Balaban J connectivity index is 3.17. The van der Waals surface area contributed by atoms with Crippen molar-refractivity contribution in [2.24, 2.45) is 5.73 Å². The number of esters is 1. The van der Waals surface area contributed by atoms with E-state index in [-0.39, 0.29) is 18.9 Å². The van der Waals surface area contributed by atoms with Crippen molar-refractivity contribution in [1.82, 2.24) is 0 Å². The number of thiol groups is 1. The van der Waals surface area contributed by atoms with E-state index >= 15 is 0 Å². The standard InChI is InChI=1S/C11H12N2O2S/c1-15-10(14)4-7-2-3-8(5-12)11(16)9(7)6-13/h2-3,16H,4,6,13H2,1H3. The Morgan fingerprint density at radius 1 is 1.62 bits per heavy atom. The van der Waals surface area contributed by atoms with Crippen molar-refractivity contribution in [1.29, 1.82) is 5.26 Å². The Morgan fingerprint density at radius 3 is 2.81 bits per heavy atom. The maximum atomic E-state index is 11.2. The predicted octanol–water partition coefficient (Wildman–Crippen LogP) is 1.02. The first-order valence-electron chi connectivity index (χ1n) is 4.64. The molecular formula is C11H12N2O2S. The van der Waals surface area contributed by atoms with Gasteiger partial charge in [0, 0.05) is 11.4 Å². The molecule has 0 fully saturated rings. The minimum absolute atomic E-state index is 0.141. The number of nitrogens with zero attached hydrogens (tertiary/aromatic N) is 1. The zero-order valence-corrected chi connectivity index (χ0v) is 9.75. The number of hydrogen-bond donors (Lipinski definition) is 2. The molecule has 0 spiro atoms. The van der Waals surface area contributed by atoms with Gasteiger partial charge in [-0.25, -0.2) is 0 Å². The first-order chi connectivity index (χ1) is 7.63. The number of ether oxygens (including phenoxy) is 1. The summed E-state index contributed by atoms with van der Waals surface area (Å²) in [5.74, 6) is -0.341. The summed E-state index contributed by atoms with van der Waals surface area (Å²) in [5, 5.41) is 8.83. The summed E-state index contributed by atoms with van der Waals surface area (Å²) in [6.07, 6.45) is 0.141. The quantitative estimate of drug-likeness (QED) is 0.607. The molecule has 0 unspecified atom stereocenters. The lowest BCUT2D eigenvalue weighted by molar-refractivity contribution is -0.139. The molecule has 0 atom stereocenters. The normalized spacial score (nSPS) is 9.62. The molecule has 0 aromatic heterocycles. The smallest absolute Gasteiger partial charge is 0.309 e. The van der Waals surface area contributed by atoms with E-state index in [1.165, 1.54) is 7.11 Å². The van der Waals surface area contributed by atoms with Crippen LogP contribution in [-0.2, 0) is 22.5 Å². The summed E-state index contributed by atoms with van der Waals surface area (Å²) in [7, 11) is 1.33. The van der Waals surface area contributed by atoms with E-state index < -0.39 is 0 Å². The second-order valence-corrected chi connectivity index (χ2v) is 3.62. The molecule has 4 nitrogen and oxygen atoms in total. The number of hydrogen-bond acceptors (Lipinski definition) is 5. The highest BCUT2D eigenvalue weighted by Gasteiger charge is 2.12. The third-order valence-corrected chi connectivity index (χ3v) is 2.78. The van der Waals surface area contributed by atoms with Crippen LogP contribution in [0.2, 0.25) is 0 Å². The Kier molecular flexibility index (Phi) is 4.35. The predicted molar refractivity (Wildman–Crippen MR) is 62.0 cm³/mol. The van der Waals surface area contributed by atoms with E-state index in [1.807, 2.05) is 6.07 Å². The van der Waals surface area contributed by atoms with E-state index in [1.54, 1.807) is 12.1 Å². The average molecular weight is 236 g/mol. The monoisotopic (exact) mass is 236 g/mol. The van der Waals surface area contributed by atoms with Gasteiger partial charge >= 0.3 is 5.97 Å². The number of benzene rings is 1. The lowest BCUT2D eigenvalue weighted by Gasteiger charge is -2.10. The fourth-order valence-electron chi connectivity index (χ4n) is 1.39. The van der Waals surface area contributed by atoms with Crippen LogP contribution in [0.15, 0.2) is 17.0 Å². The second-order valence-electron chi connectivity index (χ2n) is 3.17. The van der Waals surface area contributed by atoms with Crippen LogP contribution in [0, 0.1) is 11.3 Å². The molecule has 0 bridgehead atoms. The van der Waals surface area contributed by atoms with Gasteiger partial charge in [-0.2, -0.15) is 5.26 Å². The van der Waals surface area contributed by atoms with Gasteiger partial charge in [-0.3, -0.25) is 4.79 Å². The second kappa shape index (κ2) is 5.54. The van der Waals surface area contributed by atoms with Crippen LogP contribution in [0.25, 0.3) is 0 Å². The molecule has 0 aliphatic rings. The fourth-order valence-corrected chi connectivity index (χ4v) is 1.75. The third-order valence-electron chi connectivity index (χ3n) is 2.27. The van der Waals surface area contributed by atoms with Crippen molar-refractivity contribution in [2.45, 2.75) is 17.9 Å². The Labute approximate surface area is 99.4 Å². The number of nitriles is 1. The molecule has 0 radical (unpaired) electrons. The molecule has 5 heteroatoms. The van der Waals surface area contributed by atoms with Crippen LogP contribution in [0.1, 0.15) is 16.7 Å². The Morgan fingerprint density at radius 2 is 2.31 bits per heavy atom. The van der Waals surface area contributed by atoms with Gasteiger partial charge in [-0.1, -0.05) is 6.07 Å². The minimum Gasteiger partial charge on any atom is -0.469 e. The molecule has 2 N–H and O–H groups in total. The van der Waals surface area contributed by atoms with Crippen molar-refractivity contribution in [2.75, 3.05) is 7.11 Å². The Hall–Kier alpha value is -1.51. The first kappa shape index (κ1) is 12.6. The van der Waals surface area contributed by atoms with Gasteiger partial charge in [0.15, 0.2) is 0 Å². The molecular weight excluding hydrogens is 224 g/mol. The number of methoxy groups -OCH3 is 1. The van der Waals surface area contributed by atoms with Gasteiger partial charge in [-0.05, 0) is 17.2 Å². The van der Waals surface area contributed by atoms with Crippen molar-refractivity contribution < 1.29 is 9.53 Å². The largest absolute Gasteiger partial charge is 0.469 e. The molecule has 0 aliphatic heterocycles. The highest BCUT2D eigenvalue weighted by atomic mass is 32.1. The van der Waals surface area contributed by atoms with Crippen molar-refractivity contribution in [3.63, 3.8) is 0 Å². The van der Waals surface area contributed by atoms with Gasteiger partial charge in [0.1, 0.15) is 6.07 Å². The summed E-state index contributed by atoms with van der Waals surface area (Å²) < 4.78 is 4.58. The number of carbonyl (C=O) groups is 1.